The van der Waals surface area contributed by atoms with Crippen LogP contribution in [0.25, 0.3) is 0 Å². The lowest BCUT2D eigenvalue weighted by atomic mass is 10.0. The lowest BCUT2D eigenvalue weighted by molar-refractivity contribution is -0.145. The van der Waals surface area contributed by atoms with Gasteiger partial charge >= 0.3 is 0 Å². The largest absolute Gasteiger partial charge is 0.343 e. The van der Waals surface area contributed by atoms with E-state index in [0.717, 1.165) is 0 Å². The van der Waals surface area contributed by atoms with Crippen LogP contribution in [-0.2, 0) is 16.1 Å². The Morgan fingerprint density at radius 1 is 1.47 bits per heavy atom. The van der Waals surface area contributed by atoms with Crippen LogP contribution in [0.5, 0.6) is 0 Å². The Morgan fingerprint density at radius 2 is 2.21 bits per heavy atom. The Morgan fingerprint density at radius 3 is 2.79 bits per heavy atom. The Kier molecular flexibility index (Phi) is 3.82. The summed E-state index contributed by atoms with van der Waals surface area (Å²) in [6.45, 7) is 5.96. The molecule has 2 amide bonds. The summed E-state index contributed by atoms with van der Waals surface area (Å²) in [5, 5.41) is 6.47. The molecule has 1 aromatic rings. The Hall–Kier alpha value is -1.92. The molecule has 0 aromatic carbocycles. The predicted octanol–water partition coefficient (Wildman–Crippen LogP) is 0.251. The number of rotatable bonds is 4. The van der Waals surface area contributed by atoms with Gasteiger partial charge < -0.3 is 14.7 Å². The zero-order chi connectivity index (χ0) is 14.0. The number of carbonyl (C=O) groups excluding carboxylic acids is 2. The Labute approximate surface area is 111 Å². The van der Waals surface area contributed by atoms with E-state index in [1.807, 2.05) is 13.8 Å². The SMILES string of the molecule is Cc1nc(CN2CC(=O)NC(CC(C)C)C2=O)no1. The van der Waals surface area contributed by atoms with Gasteiger partial charge in [0, 0.05) is 6.92 Å². The van der Waals surface area contributed by atoms with Gasteiger partial charge in [0.25, 0.3) is 0 Å². The minimum Gasteiger partial charge on any atom is -0.343 e. The molecule has 1 atom stereocenters. The molecule has 0 saturated carbocycles. The molecule has 0 spiro atoms. The first-order chi connectivity index (χ1) is 8.95. The molecular formula is C12H18N4O3. The van der Waals surface area contributed by atoms with Crippen LogP contribution in [-0.4, -0.2) is 39.4 Å². The molecule has 1 aliphatic rings. The molecule has 1 N–H and O–H groups in total. The molecule has 19 heavy (non-hydrogen) atoms. The van der Waals surface area contributed by atoms with Crippen molar-refractivity contribution in [3.8, 4) is 0 Å². The number of piperazine rings is 1. The first-order valence-electron chi connectivity index (χ1n) is 6.33. The summed E-state index contributed by atoms with van der Waals surface area (Å²) >= 11 is 0. The number of aromatic nitrogens is 2. The number of hydrogen-bond donors (Lipinski definition) is 1. The maximum Gasteiger partial charge on any atom is 0.246 e. The molecule has 1 saturated heterocycles. The molecule has 1 aromatic heterocycles. The van der Waals surface area contributed by atoms with E-state index < -0.39 is 6.04 Å². The van der Waals surface area contributed by atoms with Crippen LogP contribution in [0.3, 0.4) is 0 Å². The minimum absolute atomic E-state index is 0.0427. The average molecular weight is 266 g/mol. The number of amides is 2. The molecule has 7 heteroatoms. The van der Waals surface area contributed by atoms with E-state index in [9.17, 15) is 9.59 Å². The van der Waals surface area contributed by atoms with Crippen molar-refractivity contribution in [2.75, 3.05) is 6.54 Å². The van der Waals surface area contributed by atoms with Gasteiger partial charge in [-0.3, -0.25) is 9.59 Å². The summed E-state index contributed by atoms with van der Waals surface area (Å²) in [5.41, 5.74) is 0. The van der Waals surface area contributed by atoms with Crippen molar-refractivity contribution in [2.45, 2.75) is 39.8 Å². The van der Waals surface area contributed by atoms with E-state index >= 15 is 0 Å². The maximum atomic E-state index is 12.2. The van der Waals surface area contributed by atoms with Crippen LogP contribution in [0.1, 0.15) is 32.0 Å². The first kappa shape index (κ1) is 13.5. The fourth-order valence-electron chi connectivity index (χ4n) is 2.11. The van der Waals surface area contributed by atoms with Crippen molar-refractivity contribution in [3.63, 3.8) is 0 Å². The summed E-state index contributed by atoms with van der Waals surface area (Å²) < 4.78 is 4.86. The van der Waals surface area contributed by atoms with Gasteiger partial charge in [-0.2, -0.15) is 4.98 Å². The molecule has 0 bridgehead atoms. The minimum atomic E-state index is -0.450. The zero-order valence-corrected chi connectivity index (χ0v) is 11.3. The highest BCUT2D eigenvalue weighted by Gasteiger charge is 2.33. The van der Waals surface area contributed by atoms with Crippen molar-refractivity contribution in [3.05, 3.63) is 11.7 Å². The number of hydrogen-bond acceptors (Lipinski definition) is 5. The van der Waals surface area contributed by atoms with E-state index in [-0.39, 0.29) is 24.9 Å². The van der Waals surface area contributed by atoms with Crippen molar-refractivity contribution >= 4 is 11.8 Å². The second kappa shape index (κ2) is 5.38. The molecule has 0 radical (unpaired) electrons. The summed E-state index contributed by atoms with van der Waals surface area (Å²) in [6.07, 6.45) is 0.631. The van der Waals surface area contributed by atoms with Crippen LogP contribution < -0.4 is 5.32 Å². The van der Waals surface area contributed by atoms with Crippen molar-refractivity contribution in [1.29, 1.82) is 0 Å². The van der Waals surface area contributed by atoms with Crippen LogP contribution in [0.4, 0.5) is 0 Å². The fraction of sp³-hybridized carbons (Fsp3) is 0.667. The van der Waals surface area contributed by atoms with Gasteiger partial charge in [-0.15, -0.1) is 0 Å². The van der Waals surface area contributed by atoms with E-state index in [1.165, 1.54) is 4.90 Å². The number of nitrogens with zero attached hydrogens (tertiary/aromatic N) is 3. The topological polar surface area (TPSA) is 88.3 Å². The molecule has 2 heterocycles. The first-order valence-corrected chi connectivity index (χ1v) is 6.33. The third-order valence-corrected chi connectivity index (χ3v) is 2.89. The third kappa shape index (κ3) is 3.30. The molecule has 1 unspecified atom stereocenters. The molecular weight excluding hydrogens is 248 g/mol. The Balaban J connectivity index is 2.06. The van der Waals surface area contributed by atoms with Gasteiger partial charge in [-0.1, -0.05) is 19.0 Å². The molecule has 1 fully saturated rings. The highest BCUT2D eigenvalue weighted by Crippen LogP contribution is 2.13. The van der Waals surface area contributed by atoms with Gasteiger partial charge in [0.05, 0.1) is 6.54 Å². The lowest BCUT2D eigenvalue weighted by Crippen LogP contribution is -2.57. The van der Waals surface area contributed by atoms with Crippen LogP contribution in [0, 0.1) is 12.8 Å². The Bertz CT molecular complexity index is 483. The van der Waals surface area contributed by atoms with Gasteiger partial charge in [-0.05, 0) is 12.3 Å². The van der Waals surface area contributed by atoms with Crippen LogP contribution in [0.2, 0.25) is 0 Å². The van der Waals surface area contributed by atoms with Gasteiger partial charge in [0.2, 0.25) is 17.7 Å². The van der Waals surface area contributed by atoms with E-state index in [4.69, 9.17) is 4.52 Å². The van der Waals surface area contributed by atoms with Crippen LogP contribution in [0.15, 0.2) is 4.52 Å². The zero-order valence-electron chi connectivity index (χ0n) is 11.3. The lowest BCUT2D eigenvalue weighted by Gasteiger charge is -2.32. The highest BCUT2D eigenvalue weighted by atomic mass is 16.5. The third-order valence-electron chi connectivity index (χ3n) is 2.89. The van der Waals surface area contributed by atoms with Gasteiger partial charge in [0.15, 0.2) is 5.82 Å². The summed E-state index contributed by atoms with van der Waals surface area (Å²) in [5.74, 6) is 0.967. The smallest absolute Gasteiger partial charge is 0.246 e. The van der Waals surface area contributed by atoms with Crippen molar-refractivity contribution < 1.29 is 14.1 Å². The monoisotopic (exact) mass is 266 g/mol. The van der Waals surface area contributed by atoms with Crippen LogP contribution >= 0.6 is 0 Å². The fourth-order valence-corrected chi connectivity index (χ4v) is 2.11. The molecule has 7 nitrogen and oxygen atoms in total. The van der Waals surface area contributed by atoms with E-state index in [0.29, 0.717) is 24.1 Å². The summed E-state index contributed by atoms with van der Waals surface area (Å²) in [6, 6.07) is -0.450. The molecule has 2 rings (SSSR count). The van der Waals surface area contributed by atoms with Gasteiger partial charge in [0.1, 0.15) is 12.6 Å². The normalized spacial score (nSPS) is 20.0. The molecule has 1 aliphatic heterocycles. The van der Waals surface area contributed by atoms with E-state index in [2.05, 4.69) is 15.5 Å². The summed E-state index contributed by atoms with van der Waals surface area (Å²) in [4.78, 5) is 29.4. The number of carbonyl (C=O) groups is 2. The quantitative estimate of drug-likeness (QED) is 0.844. The molecule has 104 valence electrons. The predicted molar refractivity (Wildman–Crippen MR) is 65.8 cm³/mol. The van der Waals surface area contributed by atoms with Crippen molar-refractivity contribution in [2.24, 2.45) is 5.92 Å². The summed E-state index contributed by atoms with van der Waals surface area (Å²) in [7, 11) is 0. The highest BCUT2D eigenvalue weighted by molar-refractivity contribution is 5.94. The second-order valence-electron chi connectivity index (χ2n) is 5.17. The van der Waals surface area contributed by atoms with E-state index in [1.54, 1.807) is 6.92 Å². The molecule has 0 aliphatic carbocycles. The second-order valence-corrected chi connectivity index (χ2v) is 5.17. The number of aryl methyl sites for hydroxylation is 1. The average Bonchev–Trinajstić information content (AvgIpc) is 2.70. The maximum absolute atomic E-state index is 12.2. The standard InChI is InChI=1S/C12H18N4O3/c1-7(2)4-9-12(18)16(6-11(17)14-9)5-10-13-8(3)19-15-10/h7,9H,4-6H2,1-3H3,(H,14,17). The number of nitrogens with one attached hydrogen (secondary N) is 1. The van der Waals surface area contributed by atoms with Gasteiger partial charge in [-0.25, -0.2) is 0 Å². The van der Waals surface area contributed by atoms with Crippen molar-refractivity contribution in [1.82, 2.24) is 20.4 Å².